The van der Waals surface area contributed by atoms with Crippen LogP contribution in [0.1, 0.15) is 44.1 Å². The minimum atomic E-state index is -3.38. The molecule has 2 rings (SSSR count). The first-order valence-corrected chi connectivity index (χ1v) is 10.6. The minimum absolute atomic E-state index is 0.0395. The lowest BCUT2D eigenvalue weighted by atomic mass is 10.1. The van der Waals surface area contributed by atoms with Crippen molar-refractivity contribution in [2.75, 3.05) is 19.3 Å². The summed E-state index contributed by atoms with van der Waals surface area (Å²) < 4.78 is 25.6. The number of nitrogens with one attached hydrogen (secondary N) is 1. The molecule has 0 saturated heterocycles. The molecule has 0 unspecified atom stereocenters. The van der Waals surface area contributed by atoms with Gasteiger partial charge in [0.05, 0.1) is 12.8 Å². The van der Waals surface area contributed by atoms with E-state index in [1.165, 1.54) is 10.6 Å². The first-order valence-electron chi connectivity index (χ1n) is 8.74. The van der Waals surface area contributed by atoms with Crippen molar-refractivity contribution in [3.8, 4) is 0 Å². The van der Waals surface area contributed by atoms with Gasteiger partial charge in [0.2, 0.25) is 15.9 Å². The van der Waals surface area contributed by atoms with E-state index in [1.54, 1.807) is 0 Å². The highest BCUT2D eigenvalue weighted by atomic mass is 32.2. The van der Waals surface area contributed by atoms with E-state index >= 15 is 0 Å². The maximum Gasteiger partial charge on any atom is 0.235 e. The molecule has 1 aromatic carbocycles. The van der Waals surface area contributed by atoms with Crippen LogP contribution in [0.3, 0.4) is 0 Å². The average molecular weight is 353 g/mol. The molecular weight excluding hydrogens is 324 g/mol. The topological polar surface area (TPSA) is 66.5 Å². The molecule has 5 nitrogen and oxygen atoms in total. The number of carbonyl (C=O) groups excluding carboxylic acids is 1. The van der Waals surface area contributed by atoms with Crippen molar-refractivity contribution in [1.82, 2.24) is 9.62 Å². The number of hydrogen-bond donors (Lipinski definition) is 1. The van der Waals surface area contributed by atoms with Gasteiger partial charge in [-0.1, -0.05) is 56.0 Å². The molecule has 0 radical (unpaired) electrons. The van der Waals surface area contributed by atoms with Crippen molar-refractivity contribution in [1.29, 1.82) is 0 Å². The van der Waals surface area contributed by atoms with Gasteiger partial charge >= 0.3 is 0 Å². The molecule has 1 aliphatic carbocycles. The number of nitrogens with zero attached hydrogens (tertiary/aromatic N) is 1. The smallest absolute Gasteiger partial charge is 0.235 e. The van der Waals surface area contributed by atoms with Gasteiger partial charge in [-0.05, 0) is 24.8 Å². The Kier molecular flexibility index (Phi) is 7.24. The van der Waals surface area contributed by atoms with Crippen molar-refractivity contribution < 1.29 is 13.2 Å². The average Bonchev–Trinajstić information content (AvgIpc) is 2.81. The maximum absolute atomic E-state index is 12.2. The van der Waals surface area contributed by atoms with E-state index in [9.17, 15) is 13.2 Å². The Balaban J connectivity index is 1.87. The molecule has 134 valence electrons. The van der Waals surface area contributed by atoms with Crippen LogP contribution >= 0.6 is 0 Å². The molecule has 6 heteroatoms. The number of sulfonamides is 1. The van der Waals surface area contributed by atoms with E-state index in [1.807, 2.05) is 30.3 Å². The molecule has 0 spiro atoms. The zero-order valence-corrected chi connectivity index (χ0v) is 15.2. The largest absolute Gasteiger partial charge is 0.355 e. The zero-order valence-electron chi connectivity index (χ0n) is 14.4. The Morgan fingerprint density at radius 2 is 1.75 bits per heavy atom. The Hall–Kier alpha value is -1.40. The van der Waals surface area contributed by atoms with Crippen LogP contribution in [0.4, 0.5) is 0 Å². The van der Waals surface area contributed by atoms with E-state index in [-0.39, 0.29) is 18.5 Å². The molecule has 24 heavy (non-hydrogen) atoms. The number of rotatable bonds is 7. The van der Waals surface area contributed by atoms with Crippen LogP contribution in [0.2, 0.25) is 0 Å². The fourth-order valence-corrected chi connectivity index (χ4v) is 4.36. The summed E-state index contributed by atoms with van der Waals surface area (Å²) in [6, 6.07) is 9.88. The van der Waals surface area contributed by atoms with Crippen LogP contribution in [0.15, 0.2) is 30.3 Å². The lowest BCUT2D eigenvalue weighted by Crippen LogP contribution is -2.46. The third-order valence-electron chi connectivity index (χ3n) is 4.54. The second-order valence-electron chi connectivity index (χ2n) is 6.54. The monoisotopic (exact) mass is 352 g/mol. The summed E-state index contributed by atoms with van der Waals surface area (Å²) >= 11 is 0. The fourth-order valence-electron chi connectivity index (χ4n) is 3.25. The molecule has 1 aliphatic rings. The molecule has 0 bridgehead atoms. The third kappa shape index (κ3) is 6.24. The van der Waals surface area contributed by atoms with Gasteiger partial charge in [-0.25, -0.2) is 8.42 Å². The second kappa shape index (κ2) is 9.18. The van der Waals surface area contributed by atoms with Crippen LogP contribution in [0.25, 0.3) is 0 Å². The van der Waals surface area contributed by atoms with Gasteiger partial charge in [-0.2, -0.15) is 4.31 Å². The predicted octanol–water partition coefficient (Wildman–Crippen LogP) is 2.33. The van der Waals surface area contributed by atoms with Crippen molar-refractivity contribution >= 4 is 15.9 Å². The van der Waals surface area contributed by atoms with E-state index in [0.29, 0.717) is 6.54 Å². The lowest BCUT2D eigenvalue weighted by molar-refractivity contribution is -0.121. The van der Waals surface area contributed by atoms with Gasteiger partial charge in [0, 0.05) is 12.6 Å². The van der Waals surface area contributed by atoms with Crippen LogP contribution in [-0.2, 0) is 21.2 Å². The zero-order chi connectivity index (χ0) is 17.4. The van der Waals surface area contributed by atoms with Crippen molar-refractivity contribution in [3.05, 3.63) is 35.9 Å². The number of benzene rings is 1. The van der Waals surface area contributed by atoms with Gasteiger partial charge < -0.3 is 5.32 Å². The summed E-state index contributed by atoms with van der Waals surface area (Å²) in [4.78, 5) is 12.2. The maximum atomic E-state index is 12.2. The Bertz CT molecular complexity index is 608. The van der Waals surface area contributed by atoms with E-state index in [4.69, 9.17) is 0 Å². The SMILES string of the molecule is CS(=O)(=O)N(CC(=O)NCCc1ccccc1)C1CCCCCC1. The highest BCUT2D eigenvalue weighted by Gasteiger charge is 2.29. The molecule has 1 aromatic rings. The van der Waals surface area contributed by atoms with Gasteiger partial charge in [0.1, 0.15) is 0 Å². The molecule has 1 N–H and O–H groups in total. The van der Waals surface area contributed by atoms with E-state index in [0.717, 1.165) is 50.5 Å². The standard InChI is InChI=1S/C18H28N2O3S/c1-24(22,23)20(17-11-7-2-3-8-12-17)15-18(21)19-14-13-16-9-5-4-6-10-16/h4-6,9-10,17H,2-3,7-8,11-15H2,1H3,(H,19,21). The molecule has 0 aromatic heterocycles. The summed E-state index contributed by atoms with van der Waals surface area (Å²) in [7, 11) is -3.38. The predicted molar refractivity (Wildman–Crippen MR) is 96.2 cm³/mol. The summed E-state index contributed by atoms with van der Waals surface area (Å²) in [6.07, 6.45) is 8.02. The van der Waals surface area contributed by atoms with Crippen molar-refractivity contribution in [3.63, 3.8) is 0 Å². The first-order chi connectivity index (χ1) is 11.5. The molecule has 1 amide bonds. The molecular formula is C18H28N2O3S. The van der Waals surface area contributed by atoms with Gasteiger partial charge in [-0.3, -0.25) is 4.79 Å². The minimum Gasteiger partial charge on any atom is -0.355 e. The van der Waals surface area contributed by atoms with Crippen LogP contribution < -0.4 is 5.32 Å². The summed E-state index contributed by atoms with van der Waals surface area (Å²) in [5.74, 6) is -0.222. The normalized spacial score (nSPS) is 16.8. The molecule has 0 heterocycles. The number of carbonyl (C=O) groups is 1. The highest BCUT2D eigenvalue weighted by molar-refractivity contribution is 7.88. The van der Waals surface area contributed by atoms with Crippen LogP contribution in [0.5, 0.6) is 0 Å². The first kappa shape index (κ1) is 18.9. The quantitative estimate of drug-likeness (QED) is 0.766. The third-order valence-corrected chi connectivity index (χ3v) is 5.82. The number of hydrogen-bond acceptors (Lipinski definition) is 3. The van der Waals surface area contributed by atoms with Gasteiger partial charge in [0.15, 0.2) is 0 Å². The second-order valence-corrected chi connectivity index (χ2v) is 8.47. The summed E-state index contributed by atoms with van der Waals surface area (Å²) in [5, 5.41) is 2.84. The summed E-state index contributed by atoms with van der Waals surface area (Å²) in [6.45, 7) is 0.448. The van der Waals surface area contributed by atoms with Crippen LogP contribution in [-0.4, -0.2) is 44.0 Å². The fraction of sp³-hybridized carbons (Fsp3) is 0.611. The number of amides is 1. The summed E-state index contributed by atoms with van der Waals surface area (Å²) in [5.41, 5.74) is 1.15. The van der Waals surface area contributed by atoms with Crippen molar-refractivity contribution in [2.45, 2.75) is 51.0 Å². The van der Waals surface area contributed by atoms with E-state index in [2.05, 4.69) is 5.32 Å². The molecule has 1 fully saturated rings. The molecule has 0 atom stereocenters. The Morgan fingerprint density at radius 3 is 2.33 bits per heavy atom. The van der Waals surface area contributed by atoms with Crippen LogP contribution in [0, 0.1) is 0 Å². The van der Waals surface area contributed by atoms with E-state index < -0.39 is 10.0 Å². The van der Waals surface area contributed by atoms with Gasteiger partial charge in [-0.15, -0.1) is 0 Å². The Morgan fingerprint density at radius 1 is 1.12 bits per heavy atom. The lowest BCUT2D eigenvalue weighted by Gasteiger charge is -2.28. The highest BCUT2D eigenvalue weighted by Crippen LogP contribution is 2.23. The van der Waals surface area contributed by atoms with Gasteiger partial charge in [0.25, 0.3) is 0 Å². The van der Waals surface area contributed by atoms with Crippen molar-refractivity contribution in [2.24, 2.45) is 0 Å². The molecule has 0 aliphatic heterocycles. The Labute approximate surface area is 145 Å². The molecule has 1 saturated carbocycles.